The Morgan fingerprint density at radius 1 is 1.32 bits per heavy atom. The topological polar surface area (TPSA) is 49.4 Å². The molecular formula is C17H23FN2O2. The highest BCUT2D eigenvalue weighted by atomic mass is 19.1. The first-order valence-electron chi connectivity index (χ1n) is 7.35. The highest BCUT2D eigenvalue weighted by molar-refractivity contribution is 5.94. The van der Waals surface area contributed by atoms with Crippen molar-refractivity contribution >= 4 is 17.9 Å². The monoisotopic (exact) mass is 306 g/mol. The quantitative estimate of drug-likeness (QED) is 0.751. The van der Waals surface area contributed by atoms with E-state index in [0.29, 0.717) is 12.0 Å². The van der Waals surface area contributed by atoms with Gasteiger partial charge in [-0.25, -0.2) is 4.39 Å². The molecule has 5 heteroatoms. The molecule has 22 heavy (non-hydrogen) atoms. The second kappa shape index (κ2) is 9.71. The molecule has 0 heterocycles. The second-order valence-electron chi connectivity index (χ2n) is 5.15. The van der Waals surface area contributed by atoms with Crippen LogP contribution in [-0.2, 0) is 4.79 Å². The summed E-state index contributed by atoms with van der Waals surface area (Å²) >= 11 is 0. The zero-order valence-electron chi connectivity index (χ0n) is 13.1. The molecule has 0 aliphatic heterocycles. The molecule has 0 radical (unpaired) electrons. The molecule has 0 bridgehead atoms. The van der Waals surface area contributed by atoms with E-state index in [4.69, 9.17) is 0 Å². The van der Waals surface area contributed by atoms with Crippen LogP contribution in [0.25, 0.3) is 6.08 Å². The molecular weight excluding hydrogens is 283 g/mol. The number of nitrogens with zero attached hydrogens (tertiary/aromatic N) is 1. The van der Waals surface area contributed by atoms with Crippen LogP contribution in [-0.4, -0.2) is 44.0 Å². The molecule has 2 amide bonds. The lowest BCUT2D eigenvalue weighted by atomic mass is 10.1. The van der Waals surface area contributed by atoms with Crippen LogP contribution in [0.3, 0.4) is 0 Å². The van der Waals surface area contributed by atoms with Crippen LogP contribution in [0.2, 0.25) is 0 Å². The molecule has 1 aromatic carbocycles. The first-order valence-corrected chi connectivity index (χ1v) is 7.35. The molecule has 1 rings (SSSR count). The number of amides is 2. The number of hydrogen-bond acceptors (Lipinski definition) is 2. The molecule has 0 aliphatic rings. The molecule has 0 saturated carbocycles. The van der Waals surface area contributed by atoms with E-state index in [1.165, 1.54) is 0 Å². The van der Waals surface area contributed by atoms with E-state index in [9.17, 15) is 14.0 Å². The van der Waals surface area contributed by atoms with Gasteiger partial charge < -0.3 is 10.2 Å². The van der Waals surface area contributed by atoms with Gasteiger partial charge in [0.05, 0.1) is 0 Å². The molecule has 1 aromatic rings. The summed E-state index contributed by atoms with van der Waals surface area (Å²) in [6.07, 6.45) is 6.04. The number of allylic oxidation sites excluding steroid dienone is 1. The van der Waals surface area contributed by atoms with E-state index in [1.807, 2.05) is 18.2 Å². The normalized spacial score (nSPS) is 10.7. The Labute approximate surface area is 131 Å². The summed E-state index contributed by atoms with van der Waals surface area (Å²) in [6.45, 7) is -0.546. The zero-order chi connectivity index (χ0) is 16.4. The number of unbranched alkanes of at least 4 members (excludes halogenated alkanes) is 1. The highest BCUT2D eigenvalue weighted by Crippen LogP contribution is 2.09. The summed E-state index contributed by atoms with van der Waals surface area (Å²) in [7, 11) is 3.50. The predicted molar refractivity (Wildman–Crippen MR) is 86.3 cm³/mol. The molecule has 0 atom stereocenters. The largest absolute Gasteiger partial charge is 0.349 e. The number of rotatable bonds is 8. The Bertz CT molecular complexity index is 527. The van der Waals surface area contributed by atoms with Crippen LogP contribution in [0.15, 0.2) is 30.3 Å². The molecule has 0 aliphatic carbocycles. The zero-order valence-corrected chi connectivity index (χ0v) is 13.1. The number of halogens is 1. The predicted octanol–water partition coefficient (Wildman–Crippen LogP) is 2.66. The van der Waals surface area contributed by atoms with E-state index in [-0.39, 0.29) is 18.4 Å². The van der Waals surface area contributed by atoms with Crippen molar-refractivity contribution in [2.45, 2.75) is 19.3 Å². The number of hydrogen-bond donors (Lipinski definition) is 1. The van der Waals surface area contributed by atoms with Gasteiger partial charge >= 0.3 is 0 Å². The fraction of sp³-hybridized carbons (Fsp3) is 0.412. The van der Waals surface area contributed by atoms with Crippen molar-refractivity contribution in [3.05, 3.63) is 41.5 Å². The van der Waals surface area contributed by atoms with Gasteiger partial charge in [0, 0.05) is 32.6 Å². The molecule has 120 valence electrons. The lowest BCUT2D eigenvalue weighted by Gasteiger charge is -2.08. The minimum absolute atomic E-state index is 0.0266. The molecule has 0 fully saturated rings. The standard InChI is InChI=1S/C17H23FN2O2/c1-20(2)16(21)10-5-3-4-7-14-8-6-9-15(13-14)17(22)19-12-11-18/h4,6-9,13H,3,5,10-12H2,1-2H3,(H,19,22)/b7-4-. The Hall–Kier alpha value is -2.17. The Kier molecular flexibility index (Phi) is 7.89. The molecule has 0 aromatic heterocycles. The van der Waals surface area contributed by atoms with E-state index >= 15 is 0 Å². The minimum atomic E-state index is -0.572. The van der Waals surface area contributed by atoms with Crippen LogP contribution in [0.5, 0.6) is 0 Å². The van der Waals surface area contributed by atoms with Crippen molar-refractivity contribution in [3.8, 4) is 0 Å². The van der Waals surface area contributed by atoms with Gasteiger partial charge in [0.25, 0.3) is 5.91 Å². The van der Waals surface area contributed by atoms with Crippen molar-refractivity contribution in [3.63, 3.8) is 0 Å². The van der Waals surface area contributed by atoms with Crippen molar-refractivity contribution < 1.29 is 14.0 Å². The molecule has 0 saturated heterocycles. The number of carbonyl (C=O) groups is 2. The first-order chi connectivity index (χ1) is 10.5. The summed E-state index contributed by atoms with van der Waals surface area (Å²) < 4.78 is 12.0. The third-order valence-electron chi connectivity index (χ3n) is 3.10. The smallest absolute Gasteiger partial charge is 0.251 e. The van der Waals surface area contributed by atoms with E-state index in [2.05, 4.69) is 5.32 Å². The van der Waals surface area contributed by atoms with Gasteiger partial charge in [0.15, 0.2) is 0 Å². The van der Waals surface area contributed by atoms with Gasteiger partial charge in [0.1, 0.15) is 6.67 Å². The third kappa shape index (κ3) is 6.52. The average molecular weight is 306 g/mol. The average Bonchev–Trinajstić information content (AvgIpc) is 2.52. The maximum Gasteiger partial charge on any atom is 0.251 e. The molecule has 4 nitrogen and oxygen atoms in total. The van der Waals surface area contributed by atoms with Crippen molar-refractivity contribution in [2.24, 2.45) is 0 Å². The number of benzene rings is 1. The van der Waals surface area contributed by atoms with Crippen LogP contribution in [0.4, 0.5) is 4.39 Å². The number of nitrogens with one attached hydrogen (secondary N) is 1. The van der Waals surface area contributed by atoms with E-state index in [1.54, 1.807) is 37.2 Å². The fourth-order valence-corrected chi connectivity index (χ4v) is 1.86. The van der Waals surface area contributed by atoms with Crippen molar-refractivity contribution in [1.82, 2.24) is 10.2 Å². The summed E-state index contributed by atoms with van der Waals surface area (Å²) in [5.74, 6) is -0.149. The lowest BCUT2D eigenvalue weighted by molar-refractivity contribution is -0.128. The second-order valence-corrected chi connectivity index (χ2v) is 5.15. The molecule has 1 N–H and O–H groups in total. The SMILES string of the molecule is CN(C)C(=O)CCC/C=C\c1cccc(C(=O)NCCF)c1. The van der Waals surface area contributed by atoms with E-state index < -0.39 is 6.67 Å². The number of alkyl halides is 1. The highest BCUT2D eigenvalue weighted by Gasteiger charge is 2.04. The van der Waals surface area contributed by atoms with Gasteiger partial charge in [-0.05, 0) is 30.5 Å². The fourth-order valence-electron chi connectivity index (χ4n) is 1.86. The van der Waals surface area contributed by atoms with Crippen molar-refractivity contribution in [2.75, 3.05) is 27.3 Å². The Balaban J connectivity index is 2.47. The van der Waals surface area contributed by atoms with Gasteiger partial charge in [-0.1, -0.05) is 24.3 Å². The number of carbonyl (C=O) groups excluding carboxylic acids is 2. The van der Waals surface area contributed by atoms with Crippen LogP contribution >= 0.6 is 0 Å². The first kappa shape index (κ1) is 17.9. The maximum absolute atomic E-state index is 12.0. The maximum atomic E-state index is 12.0. The summed E-state index contributed by atoms with van der Waals surface area (Å²) in [6, 6.07) is 7.14. The van der Waals surface area contributed by atoms with Gasteiger partial charge in [0.2, 0.25) is 5.91 Å². The van der Waals surface area contributed by atoms with Gasteiger partial charge in [-0.15, -0.1) is 0 Å². The summed E-state index contributed by atoms with van der Waals surface area (Å²) in [4.78, 5) is 24.7. The minimum Gasteiger partial charge on any atom is -0.349 e. The van der Waals surface area contributed by atoms with Crippen LogP contribution in [0, 0.1) is 0 Å². The summed E-state index contributed by atoms with van der Waals surface area (Å²) in [5, 5.41) is 2.50. The van der Waals surface area contributed by atoms with E-state index in [0.717, 1.165) is 18.4 Å². The van der Waals surface area contributed by atoms with Crippen LogP contribution < -0.4 is 5.32 Å². The van der Waals surface area contributed by atoms with Crippen molar-refractivity contribution in [1.29, 1.82) is 0 Å². The Morgan fingerprint density at radius 3 is 2.77 bits per heavy atom. The molecule has 0 spiro atoms. The van der Waals surface area contributed by atoms with Crippen LogP contribution in [0.1, 0.15) is 35.2 Å². The summed E-state index contributed by atoms with van der Waals surface area (Å²) in [5.41, 5.74) is 1.42. The molecule has 0 unspecified atom stereocenters. The van der Waals surface area contributed by atoms with Gasteiger partial charge in [-0.3, -0.25) is 9.59 Å². The Morgan fingerprint density at radius 2 is 2.09 bits per heavy atom. The third-order valence-corrected chi connectivity index (χ3v) is 3.10. The van der Waals surface area contributed by atoms with Gasteiger partial charge in [-0.2, -0.15) is 0 Å². The lowest BCUT2D eigenvalue weighted by Crippen LogP contribution is -2.25.